The number of nitrogens with one attached hydrogen (secondary N) is 1. The number of furan rings is 1. The summed E-state index contributed by atoms with van der Waals surface area (Å²) in [6.07, 6.45) is -4.12. The lowest BCUT2D eigenvalue weighted by Gasteiger charge is -2.18. The minimum absolute atomic E-state index is 0.00974. The van der Waals surface area contributed by atoms with Crippen LogP contribution in [0.25, 0.3) is 0 Å². The summed E-state index contributed by atoms with van der Waals surface area (Å²) in [4.78, 5) is 22.7. The lowest BCUT2D eigenvalue weighted by Crippen LogP contribution is -2.29. The third kappa shape index (κ3) is 4.51. The van der Waals surface area contributed by atoms with E-state index in [-0.39, 0.29) is 12.3 Å². The van der Waals surface area contributed by atoms with Crippen molar-refractivity contribution in [3.05, 3.63) is 23.2 Å². The van der Waals surface area contributed by atoms with Gasteiger partial charge in [-0.3, -0.25) is 9.59 Å². The van der Waals surface area contributed by atoms with Crippen LogP contribution in [0.4, 0.5) is 13.2 Å². The number of hydrogen-bond donors (Lipinski definition) is 2. The molecule has 0 fully saturated rings. The van der Waals surface area contributed by atoms with Gasteiger partial charge in [-0.25, -0.2) is 0 Å². The Morgan fingerprint density at radius 1 is 1.32 bits per heavy atom. The van der Waals surface area contributed by atoms with Gasteiger partial charge in [-0.15, -0.1) is 0 Å². The van der Waals surface area contributed by atoms with Crippen LogP contribution in [-0.2, 0) is 11.0 Å². The molecule has 0 atom stereocenters. The highest BCUT2D eigenvalue weighted by atomic mass is 19.4. The molecule has 0 spiro atoms. The summed E-state index contributed by atoms with van der Waals surface area (Å²) in [5.41, 5.74) is -1.52. The molecule has 5 nitrogen and oxygen atoms in total. The lowest BCUT2D eigenvalue weighted by atomic mass is 9.88. The van der Waals surface area contributed by atoms with E-state index >= 15 is 0 Å². The Balaban J connectivity index is 2.63. The Kier molecular flexibility index (Phi) is 5.26. The fraction of sp³-hybridized carbons (Fsp3) is 0.571. The smallest absolute Gasteiger partial charge is 0.450 e. The summed E-state index contributed by atoms with van der Waals surface area (Å²) >= 11 is 0. The third-order valence-corrected chi connectivity index (χ3v) is 3.20. The maximum absolute atomic E-state index is 12.7. The van der Waals surface area contributed by atoms with E-state index in [0.29, 0.717) is 12.8 Å². The molecular formula is C14H18F3NO4. The fourth-order valence-electron chi connectivity index (χ4n) is 1.83. The van der Waals surface area contributed by atoms with Gasteiger partial charge in [-0.05, 0) is 39.7 Å². The number of carboxylic acid groups (broad SMARTS) is 1. The topological polar surface area (TPSA) is 79.5 Å². The number of carbonyl (C=O) groups excluding carboxylic acids is 1. The van der Waals surface area contributed by atoms with Crippen molar-refractivity contribution in [1.82, 2.24) is 5.32 Å². The zero-order chi connectivity index (χ0) is 17.1. The Morgan fingerprint density at radius 3 is 2.41 bits per heavy atom. The maximum atomic E-state index is 12.7. The number of rotatable bonds is 6. The molecule has 1 rings (SSSR count). The van der Waals surface area contributed by atoms with E-state index in [0.717, 1.165) is 6.07 Å². The van der Waals surface area contributed by atoms with Crippen LogP contribution in [0.2, 0.25) is 0 Å². The second-order valence-electron chi connectivity index (χ2n) is 5.65. The highest BCUT2D eigenvalue weighted by Gasteiger charge is 2.40. The monoisotopic (exact) mass is 321 g/mol. The first kappa shape index (κ1) is 18.1. The van der Waals surface area contributed by atoms with Gasteiger partial charge in [0.15, 0.2) is 0 Å². The van der Waals surface area contributed by atoms with Crippen molar-refractivity contribution in [2.75, 3.05) is 6.54 Å². The molecule has 0 bridgehead atoms. The number of amides is 1. The average molecular weight is 321 g/mol. The summed E-state index contributed by atoms with van der Waals surface area (Å²) in [7, 11) is 0. The summed E-state index contributed by atoms with van der Waals surface area (Å²) in [6.45, 7) is 4.48. The standard InChI is InChI=1S/C14H18F3NO4/c1-8-7-9(10(22-8)14(15,16)17)11(19)18-6-4-5-13(2,3)12(20)21/h7H,4-6H2,1-3H3,(H,18,19)(H,20,21). The summed E-state index contributed by atoms with van der Waals surface area (Å²) < 4.78 is 42.7. The van der Waals surface area contributed by atoms with Crippen molar-refractivity contribution < 1.29 is 32.3 Å². The zero-order valence-electron chi connectivity index (χ0n) is 12.5. The molecule has 2 N–H and O–H groups in total. The van der Waals surface area contributed by atoms with Crippen LogP contribution in [0.5, 0.6) is 0 Å². The van der Waals surface area contributed by atoms with E-state index in [1.165, 1.54) is 6.92 Å². The molecule has 1 amide bonds. The van der Waals surface area contributed by atoms with Crippen LogP contribution < -0.4 is 5.32 Å². The molecule has 1 aromatic rings. The molecule has 0 unspecified atom stereocenters. The Hall–Kier alpha value is -1.99. The van der Waals surface area contributed by atoms with Crippen LogP contribution in [-0.4, -0.2) is 23.5 Å². The number of halogens is 3. The van der Waals surface area contributed by atoms with Crippen molar-refractivity contribution in [2.24, 2.45) is 5.41 Å². The first-order valence-corrected chi connectivity index (χ1v) is 6.64. The Morgan fingerprint density at radius 2 is 1.91 bits per heavy atom. The molecular weight excluding hydrogens is 303 g/mol. The number of carboxylic acids is 1. The molecule has 1 heterocycles. The number of hydrogen-bond acceptors (Lipinski definition) is 3. The van der Waals surface area contributed by atoms with Crippen LogP contribution in [0.15, 0.2) is 10.5 Å². The number of alkyl halides is 3. The van der Waals surface area contributed by atoms with Gasteiger partial charge >= 0.3 is 12.1 Å². The van der Waals surface area contributed by atoms with Crippen molar-refractivity contribution in [1.29, 1.82) is 0 Å². The number of carbonyl (C=O) groups is 2. The average Bonchev–Trinajstić information content (AvgIpc) is 2.76. The fourth-order valence-corrected chi connectivity index (χ4v) is 1.83. The van der Waals surface area contributed by atoms with Gasteiger partial charge in [0.05, 0.1) is 11.0 Å². The molecule has 0 aliphatic heterocycles. The zero-order valence-corrected chi connectivity index (χ0v) is 12.5. The van der Waals surface area contributed by atoms with Crippen molar-refractivity contribution in [3.8, 4) is 0 Å². The minimum Gasteiger partial charge on any atom is -0.481 e. The number of aryl methyl sites for hydroxylation is 1. The molecule has 0 aromatic carbocycles. The van der Waals surface area contributed by atoms with E-state index in [1.54, 1.807) is 13.8 Å². The minimum atomic E-state index is -4.74. The van der Waals surface area contributed by atoms with E-state index in [9.17, 15) is 22.8 Å². The SMILES string of the molecule is Cc1cc(C(=O)NCCCC(C)(C)C(=O)O)c(C(F)(F)F)o1. The van der Waals surface area contributed by atoms with Crippen molar-refractivity contribution >= 4 is 11.9 Å². The van der Waals surface area contributed by atoms with E-state index in [1.807, 2.05) is 0 Å². The third-order valence-electron chi connectivity index (χ3n) is 3.20. The molecule has 0 aliphatic carbocycles. The molecule has 0 saturated carbocycles. The maximum Gasteiger partial charge on any atom is 0.450 e. The first-order valence-electron chi connectivity index (χ1n) is 6.64. The van der Waals surface area contributed by atoms with Gasteiger partial charge in [0.2, 0.25) is 5.76 Å². The molecule has 1 aromatic heterocycles. The van der Waals surface area contributed by atoms with Crippen LogP contribution >= 0.6 is 0 Å². The van der Waals surface area contributed by atoms with Crippen molar-refractivity contribution in [3.63, 3.8) is 0 Å². The highest BCUT2D eigenvalue weighted by molar-refractivity contribution is 5.95. The summed E-state index contributed by atoms with van der Waals surface area (Å²) in [5.74, 6) is -3.20. The molecule has 8 heteroatoms. The van der Waals surface area contributed by atoms with Gasteiger partial charge < -0.3 is 14.8 Å². The van der Waals surface area contributed by atoms with Crippen LogP contribution in [0, 0.1) is 12.3 Å². The Labute approximate surface area is 125 Å². The van der Waals surface area contributed by atoms with Crippen LogP contribution in [0.1, 0.15) is 48.6 Å². The number of aliphatic carboxylic acids is 1. The molecule has 124 valence electrons. The molecule has 0 saturated heterocycles. The lowest BCUT2D eigenvalue weighted by molar-refractivity contribution is -0.153. The molecule has 0 radical (unpaired) electrons. The second kappa shape index (κ2) is 6.41. The largest absolute Gasteiger partial charge is 0.481 e. The quantitative estimate of drug-likeness (QED) is 0.788. The van der Waals surface area contributed by atoms with Gasteiger partial charge in [-0.1, -0.05) is 0 Å². The van der Waals surface area contributed by atoms with Gasteiger partial charge in [0, 0.05) is 6.54 Å². The van der Waals surface area contributed by atoms with Crippen LogP contribution in [0.3, 0.4) is 0 Å². The summed E-state index contributed by atoms with van der Waals surface area (Å²) in [6, 6.07) is 1.03. The molecule has 22 heavy (non-hydrogen) atoms. The van der Waals surface area contributed by atoms with Gasteiger partial charge in [-0.2, -0.15) is 13.2 Å². The Bertz CT molecular complexity index is 561. The van der Waals surface area contributed by atoms with Crippen molar-refractivity contribution in [2.45, 2.75) is 39.8 Å². The van der Waals surface area contributed by atoms with E-state index < -0.39 is 34.8 Å². The first-order chi connectivity index (χ1) is 9.95. The predicted octanol–water partition coefficient (Wildman–Crippen LogP) is 3.23. The van der Waals surface area contributed by atoms with Gasteiger partial charge in [0.25, 0.3) is 5.91 Å². The normalized spacial score (nSPS) is 12.3. The van der Waals surface area contributed by atoms with E-state index in [4.69, 9.17) is 5.11 Å². The van der Waals surface area contributed by atoms with E-state index in [2.05, 4.69) is 9.73 Å². The second-order valence-corrected chi connectivity index (χ2v) is 5.65. The predicted molar refractivity (Wildman–Crippen MR) is 71.4 cm³/mol. The van der Waals surface area contributed by atoms with Gasteiger partial charge in [0.1, 0.15) is 5.76 Å². The highest BCUT2D eigenvalue weighted by Crippen LogP contribution is 2.34. The summed E-state index contributed by atoms with van der Waals surface area (Å²) in [5, 5.41) is 11.3. The molecule has 0 aliphatic rings.